The Morgan fingerprint density at radius 3 is 2.52 bits per heavy atom. The zero-order valence-electron chi connectivity index (χ0n) is 13.9. The first-order valence-electron chi connectivity index (χ1n) is 8.44. The standard InChI is InChI=1S/C18H27BrN2O2/c1-2-3-4-5-6-7-8-9-10-18(23)21-20-14-15-13-16(19)11-12-17(15)22/h11-14,22H,2-10H2,1H3,(H,21,23)/b20-14+. The van der Waals surface area contributed by atoms with Crippen LogP contribution >= 0.6 is 15.9 Å². The van der Waals surface area contributed by atoms with E-state index in [0.29, 0.717) is 12.0 Å². The number of unbranched alkanes of at least 4 members (excludes halogenated alkanes) is 7. The van der Waals surface area contributed by atoms with Crippen molar-refractivity contribution in [1.29, 1.82) is 0 Å². The van der Waals surface area contributed by atoms with Gasteiger partial charge in [0.05, 0.1) is 6.21 Å². The number of aromatic hydroxyl groups is 1. The fourth-order valence-corrected chi connectivity index (χ4v) is 2.66. The molecule has 1 aromatic rings. The van der Waals surface area contributed by atoms with Gasteiger partial charge in [-0.1, -0.05) is 67.8 Å². The Morgan fingerprint density at radius 2 is 1.83 bits per heavy atom. The molecular weight excluding hydrogens is 356 g/mol. The maximum atomic E-state index is 11.7. The first-order valence-corrected chi connectivity index (χ1v) is 9.23. The first-order chi connectivity index (χ1) is 11.1. The molecular formula is C18H27BrN2O2. The summed E-state index contributed by atoms with van der Waals surface area (Å²) in [5.41, 5.74) is 3.06. The summed E-state index contributed by atoms with van der Waals surface area (Å²) in [5.74, 6) is 0.0518. The Balaban J connectivity index is 2.12. The lowest BCUT2D eigenvalue weighted by Gasteiger charge is -2.02. The van der Waals surface area contributed by atoms with E-state index in [1.54, 1.807) is 18.2 Å². The highest BCUT2D eigenvalue weighted by Crippen LogP contribution is 2.19. The summed E-state index contributed by atoms with van der Waals surface area (Å²) in [6.07, 6.45) is 11.6. The average molecular weight is 383 g/mol. The normalized spacial score (nSPS) is 11.0. The second kappa shape index (κ2) is 12.1. The van der Waals surface area contributed by atoms with Crippen LogP contribution in [0.4, 0.5) is 0 Å². The van der Waals surface area contributed by atoms with Gasteiger partial charge in [-0.2, -0.15) is 5.10 Å². The van der Waals surface area contributed by atoms with Crippen molar-refractivity contribution < 1.29 is 9.90 Å². The fourth-order valence-electron chi connectivity index (χ4n) is 2.28. The highest BCUT2D eigenvalue weighted by Gasteiger charge is 2.01. The molecule has 0 heterocycles. The number of rotatable bonds is 11. The van der Waals surface area contributed by atoms with Crippen LogP contribution in [0.15, 0.2) is 27.8 Å². The van der Waals surface area contributed by atoms with E-state index in [0.717, 1.165) is 17.3 Å². The van der Waals surface area contributed by atoms with Crippen molar-refractivity contribution in [2.75, 3.05) is 0 Å². The topological polar surface area (TPSA) is 61.7 Å². The van der Waals surface area contributed by atoms with Crippen molar-refractivity contribution in [1.82, 2.24) is 5.43 Å². The lowest BCUT2D eigenvalue weighted by Crippen LogP contribution is -2.16. The number of nitrogens with one attached hydrogen (secondary N) is 1. The number of carbonyl (C=O) groups is 1. The molecule has 1 amide bonds. The van der Waals surface area contributed by atoms with Gasteiger partial charge in [-0.25, -0.2) is 5.43 Å². The summed E-state index contributed by atoms with van der Waals surface area (Å²) in [6.45, 7) is 2.22. The molecule has 0 saturated carbocycles. The van der Waals surface area contributed by atoms with Crippen LogP contribution in [0.3, 0.4) is 0 Å². The summed E-state index contributed by atoms with van der Waals surface area (Å²) in [6, 6.07) is 5.06. The third-order valence-corrected chi connectivity index (χ3v) is 4.13. The number of carbonyl (C=O) groups excluding carboxylic acids is 1. The molecule has 0 radical (unpaired) electrons. The number of nitrogens with zero attached hydrogens (tertiary/aromatic N) is 1. The van der Waals surface area contributed by atoms with Gasteiger partial charge in [0.1, 0.15) is 5.75 Å². The van der Waals surface area contributed by atoms with E-state index >= 15 is 0 Å². The van der Waals surface area contributed by atoms with Crippen LogP contribution < -0.4 is 5.43 Å². The van der Waals surface area contributed by atoms with Crippen LogP contribution in [0.5, 0.6) is 5.75 Å². The minimum absolute atomic E-state index is 0.0817. The smallest absolute Gasteiger partial charge is 0.240 e. The van der Waals surface area contributed by atoms with Gasteiger partial charge in [-0.15, -0.1) is 0 Å². The van der Waals surface area contributed by atoms with Crippen LogP contribution in [-0.4, -0.2) is 17.2 Å². The highest BCUT2D eigenvalue weighted by atomic mass is 79.9. The van der Waals surface area contributed by atoms with E-state index in [1.807, 2.05) is 0 Å². The van der Waals surface area contributed by atoms with Crippen LogP contribution in [0.25, 0.3) is 0 Å². The molecule has 5 heteroatoms. The number of hydrazone groups is 1. The highest BCUT2D eigenvalue weighted by molar-refractivity contribution is 9.10. The van der Waals surface area contributed by atoms with Gasteiger partial charge in [0.2, 0.25) is 5.91 Å². The van der Waals surface area contributed by atoms with Gasteiger partial charge in [0.25, 0.3) is 0 Å². The molecule has 1 aromatic carbocycles. The second-order valence-corrected chi connectivity index (χ2v) is 6.64. The summed E-state index contributed by atoms with van der Waals surface area (Å²) >= 11 is 3.33. The Hall–Kier alpha value is -1.36. The number of phenolic OH excluding ortho intramolecular Hbond substituents is 1. The van der Waals surface area contributed by atoms with Gasteiger partial charge in [0, 0.05) is 16.5 Å². The van der Waals surface area contributed by atoms with Crippen LogP contribution in [-0.2, 0) is 4.79 Å². The Labute approximate surface area is 147 Å². The van der Waals surface area contributed by atoms with Gasteiger partial charge in [-0.3, -0.25) is 4.79 Å². The minimum Gasteiger partial charge on any atom is -0.507 e. The average Bonchev–Trinajstić information content (AvgIpc) is 2.53. The summed E-state index contributed by atoms with van der Waals surface area (Å²) in [7, 11) is 0. The first kappa shape index (κ1) is 19.7. The largest absolute Gasteiger partial charge is 0.507 e. The van der Waals surface area contributed by atoms with Crippen molar-refractivity contribution in [3.63, 3.8) is 0 Å². The van der Waals surface area contributed by atoms with Crippen LogP contribution in [0.2, 0.25) is 0 Å². The Morgan fingerprint density at radius 1 is 1.17 bits per heavy atom. The lowest BCUT2D eigenvalue weighted by atomic mass is 10.1. The maximum absolute atomic E-state index is 11.7. The second-order valence-electron chi connectivity index (χ2n) is 5.72. The molecule has 0 spiro atoms. The fraction of sp³-hybridized carbons (Fsp3) is 0.556. The van der Waals surface area contributed by atoms with Crippen molar-refractivity contribution in [2.24, 2.45) is 5.10 Å². The van der Waals surface area contributed by atoms with Gasteiger partial charge in [-0.05, 0) is 24.6 Å². The van der Waals surface area contributed by atoms with E-state index in [-0.39, 0.29) is 11.7 Å². The summed E-state index contributed by atoms with van der Waals surface area (Å²) in [4.78, 5) is 11.7. The zero-order valence-corrected chi connectivity index (χ0v) is 15.4. The predicted octanol–water partition coefficient (Wildman–Crippen LogP) is 5.14. The van der Waals surface area contributed by atoms with Gasteiger partial charge in [0.15, 0.2) is 0 Å². The summed E-state index contributed by atoms with van der Waals surface area (Å²) < 4.78 is 0.849. The SMILES string of the molecule is CCCCCCCCCCC(=O)N/N=C/c1cc(Br)ccc1O. The maximum Gasteiger partial charge on any atom is 0.240 e. The van der Waals surface area contributed by atoms with Crippen molar-refractivity contribution in [3.8, 4) is 5.75 Å². The number of phenols is 1. The molecule has 1 rings (SSSR count). The van der Waals surface area contributed by atoms with E-state index in [2.05, 4.69) is 33.4 Å². The molecule has 4 nitrogen and oxygen atoms in total. The molecule has 0 fully saturated rings. The van der Waals surface area contributed by atoms with Crippen molar-refractivity contribution in [3.05, 3.63) is 28.2 Å². The van der Waals surface area contributed by atoms with Crippen molar-refractivity contribution >= 4 is 28.1 Å². The third-order valence-electron chi connectivity index (χ3n) is 3.64. The molecule has 0 unspecified atom stereocenters. The summed E-state index contributed by atoms with van der Waals surface area (Å²) in [5, 5.41) is 13.5. The van der Waals surface area contributed by atoms with Gasteiger partial charge >= 0.3 is 0 Å². The molecule has 128 valence electrons. The predicted molar refractivity (Wildman–Crippen MR) is 98.8 cm³/mol. The van der Waals surface area contributed by atoms with Crippen LogP contribution in [0.1, 0.15) is 70.3 Å². The van der Waals surface area contributed by atoms with E-state index in [4.69, 9.17) is 0 Å². The van der Waals surface area contributed by atoms with E-state index in [1.165, 1.54) is 44.7 Å². The number of halogens is 1. The number of benzene rings is 1. The quantitative estimate of drug-likeness (QED) is 0.316. The minimum atomic E-state index is -0.0817. The lowest BCUT2D eigenvalue weighted by molar-refractivity contribution is -0.121. The Kier molecular flexibility index (Phi) is 10.4. The number of hydrogen-bond donors (Lipinski definition) is 2. The third kappa shape index (κ3) is 9.39. The molecule has 0 aliphatic rings. The van der Waals surface area contributed by atoms with Gasteiger partial charge < -0.3 is 5.11 Å². The molecule has 0 atom stereocenters. The molecule has 2 N–H and O–H groups in total. The zero-order chi connectivity index (χ0) is 16.9. The van der Waals surface area contributed by atoms with Crippen LogP contribution in [0, 0.1) is 0 Å². The van der Waals surface area contributed by atoms with E-state index < -0.39 is 0 Å². The monoisotopic (exact) mass is 382 g/mol. The molecule has 0 aliphatic heterocycles. The molecule has 0 aliphatic carbocycles. The number of amides is 1. The molecule has 0 aromatic heterocycles. The molecule has 0 bridgehead atoms. The Bertz CT molecular complexity index is 504. The van der Waals surface area contributed by atoms with Crippen molar-refractivity contribution in [2.45, 2.75) is 64.7 Å². The molecule has 23 heavy (non-hydrogen) atoms. The number of hydrogen-bond acceptors (Lipinski definition) is 3. The van der Waals surface area contributed by atoms with E-state index in [9.17, 15) is 9.90 Å². The molecule has 0 saturated heterocycles.